The molecule has 1 amide bonds. The molecule has 3 nitrogen and oxygen atoms in total. The van der Waals surface area contributed by atoms with Crippen molar-refractivity contribution in [2.75, 3.05) is 6.54 Å². The summed E-state index contributed by atoms with van der Waals surface area (Å²) in [5.41, 5.74) is 2.44. The maximum Gasteiger partial charge on any atom is 0.241 e. The number of aryl methyl sites for hydroxylation is 1. The van der Waals surface area contributed by atoms with E-state index in [-0.39, 0.29) is 18.1 Å². The van der Waals surface area contributed by atoms with Gasteiger partial charge in [0.25, 0.3) is 0 Å². The van der Waals surface area contributed by atoms with E-state index in [0.29, 0.717) is 11.8 Å². The maximum absolute atomic E-state index is 12.4. The highest BCUT2D eigenvalue weighted by Crippen LogP contribution is 2.29. The average molecular weight is 274 g/mol. The molecule has 1 fully saturated rings. The van der Waals surface area contributed by atoms with Crippen LogP contribution in [0.1, 0.15) is 45.0 Å². The zero-order valence-electron chi connectivity index (χ0n) is 13.2. The van der Waals surface area contributed by atoms with E-state index < -0.39 is 0 Å². The number of carbonyl (C=O) groups excluding carboxylic acids is 1. The van der Waals surface area contributed by atoms with E-state index in [1.165, 1.54) is 11.1 Å². The van der Waals surface area contributed by atoms with Gasteiger partial charge in [-0.1, -0.05) is 45.0 Å². The topological polar surface area (TPSA) is 32.3 Å². The molecule has 1 N–H and O–H groups in total. The molecule has 1 aliphatic heterocycles. The molecule has 20 heavy (non-hydrogen) atoms. The molecule has 0 aromatic heterocycles. The average Bonchev–Trinajstić information content (AvgIpc) is 2.67. The van der Waals surface area contributed by atoms with Crippen LogP contribution in [0.25, 0.3) is 0 Å². The van der Waals surface area contributed by atoms with Gasteiger partial charge in [-0.05, 0) is 36.8 Å². The van der Waals surface area contributed by atoms with Crippen molar-refractivity contribution >= 4 is 5.91 Å². The van der Waals surface area contributed by atoms with Crippen LogP contribution >= 0.6 is 0 Å². The molecule has 3 atom stereocenters. The Labute approximate surface area is 122 Å². The number of rotatable bonds is 4. The number of nitrogens with one attached hydrogen (secondary N) is 1. The molecule has 3 heteroatoms. The number of amides is 1. The van der Waals surface area contributed by atoms with Gasteiger partial charge in [0, 0.05) is 6.54 Å². The van der Waals surface area contributed by atoms with Gasteiger partial charge < -0.3 is 4.90 Å². The molecular weight excluding hydrogens is 248 g/mol. The zero-order valence-corrected chi connectivity index (χ0v) is 13.2. The van der Waals surface area contributed by atoms with E-state index in [0.717, 1.165) is 6.54 Å². The Morgan fingerprint density at radius 1 is 1.25 bits per heavy atom. The second-order valence-electron chi connectivity index (χ2n) is 6.36. The first kappa shape index (κ1) is 15.0. The fourth-order valence-electron chi connectivity index (χ4n) is 2.64. The Balaban J connectivity index is 2.26. The maximum atomic E-state index is 12.4. The predicted octanol–water partition coefficient (Wildman–Crippen LogP) is 3.11. The molecule has 1 heterocycles. The SMILES string of the molecule is Cc1ccccc1C1NC(C)C(=O)N1CC(C)C(C)C. The highest BCUT2D eigenvalue weighted by atomic mass is 16.2. The summed E-state index contributed by atoms with van der Waals surface area (Å²) in [6.45, 7) is 11.5. The van der Waals surface area contributed by atoms with Gasteiger partial charge in [-0.2, -0.15) is 0 Å². The van der Waals surface area contributed by atoms with Crippen molar-refractivity contribution in [3.8, 4) is 0 Å². The van der Waals surface area contributed by atoms with Gasteiger partial charge >= 0.3 is 0 Å². The van der Waals surface area contributed by atoms with Gasteiger partial charge in [0.1, 0.15) is 6.17 Å². The molecule has 110 valence electrons. The standard InChI is InChI=1S/C17H26N2O/c1-11(2)13(4)10-19-16(18-14(5)17(19)20)15-9-7-6-8-12(15)3/h6-9,11,13-14,16,18H,10H2,1-5H3. The molecule has 3 unspecified atom stereocenters. The normalized spacial score (nSPS) is 24.5. The summed E-state index contributed by atoms with van der Waals surface area (Å²) in [6, 6.07) is 8.21. The Morgan fingerprint density at radius 2 is 1.90 bits per heavy atom. The van der Waals surface area contributed by atoms with Crippen molar-refractivity contribution in [3.05, 3.63) is 35.4 Å². The van der Waals surface area contributed by atoms with Gasteiger partial charge in [-0.25, -0.2) is 0 Å². The van der Waals surface area contributed by atoms with Gasteiger partial charge in [0.05, 0.1) is 6.04 Å². The van der Waals surface area contributed by atoms with Crippen molar-refractivity contribution < 1.29 is 4.79 Å². The number of benzene rings is 1. The van der Waals surface area contributed by atoms with Gasteiger partial charge in [-0.15, -0.1) is 0 Å². The van der Waals surface area contributed by atoms with Crippen LogP contribution in [-0.4, -0.2) is 23.4 Å². The monoisotopic (exact) mass is 274 g/mol. The van der Waals surface area contributed by atoms with Crippen molar-refractivity contribution in [1.29, 1.82) is 0 Å². The molecular formula is C17H26N2O. The molecule has 1 aromatic carbocycles. The summed E-state index contributed by atoms with van der Waals surface area (Å²) in [6.07, 6.45) is 0.0138. The molecule has 1 aliphatic rings. The van der Waals surface area contributed by atoms with E-state index in [4.69, 9.17) is 0 Å². The molecule has 0 spiro atoms. The lowest BCUT2D eigenvalue weighted by Gasteiger charge is -2.29. The minimum Gasteiger partial charge on any atom is -0.321 e. The summed E-state index contributed by atoms with van der Waals surface area (Å²) < 4.78 is 0. The summed E-state index contributed by atoms with van der Waals surface area (Å²) in [4.78, 5) is 14.4. The highest BCUT2D eigenvalue weighted by Gasteiger charge is 2.38. The largest absolute Gasteiger partial charge is 0.321 e. The summed E-state index contributed by atoms with van der Waals surface area (Å²) in [7, 11) is 0. The van der Waals surface area contributed by atoms with Crippen LogP contribution in [-0.2, 0) is 4.79 Å². The first-order valence-electron chi connectivity index (χ1n) is 7.54. The molecule has 0 aliphatic carbocycles. The van der Waals surface area contributed by atoms with E-state index in [9.17, 15) is 4.79 Å². The lowest BCUT2D eigenvalue weighted by Crippen LogP contribution is -2.36. The lowest BCUT2D eigenvalue weighted by atomic mass is 9.96. The first-order valence-corrected chi connectivity index (χ1v) is 7.54. The predicted molar refractivity (Wildman–Crippen MR) is 82.2 cm³/mol. The molecule has 0 bridgehead atoms. The van der Waals surface area contributed by atoms with Crippen molar-refractivity contribution in [3.63, 3.8) is 0 Å². The van der Waals surface area contributed by atoms with Crippen LogP contribution in [0.3, 0.4) is 0 Å². The van der Waals surface area contributed by atoms with Gasteiger partial charge in [-0.3, -0.25) is 10.1 Å². The second-order valence-corrected chi connectivity index (χ2v) is 6.36. The Morgan fingerprint density at radius 3 is 2.50 bits per heavy atom. The first-order chi connectivity index (χ1) is 9.41. The van der Waals surface area contributed by atoms with Crippen LogP contribution < -0.4 is 5.32 Å². The van der Waals surface area contributed by atoms with E-state index in [1.807, 2.05) is 24.0 Å². The number of nitrogens with zero attached hydrogens (tertiary/aromatic N) is 1. The number of hydrogen-bond acceptors (Lipinski definition) is 2. The van der Waals surface area contributed by atoms with Crippen molar-refractivity contribution in [2.24, 2.45) is 11.8 Å². The van der Waals surface area contributed by atoms with E-state index in [1.54, 1.807) is 0 Å². The van der Waals surface area contributed by atoms with Gasteiger partial charge in [0.15, 0.2) is 0 Å². The zero-order chi connectivity index (χ0) is 14.9. The summed E-state index contributed by atoms with van der Waals surface area (Å²) in [5.74, 6) is 1.29. The third-order valence-corrected chi connectivity index (χ3v) is 4.48. The molecule has 0 saturated carbocycles. The van der Waals surface area contributed by atoms with Crippen molar-refractivity contribution in [1.82, 2.24) is 10.2 Å². The smallest absolute Gasteiger partial charge is 0.241 e. The van der Waals surface area contributed by atoms with E-state index in [2.05, 4.69) is 45.1 Å². The van der Waals surface area contributed by atoms with Crippen molar-refractivity contribution in [2.45, 2.75) is 46.8 Å². The molecule has 2 rings (SSSR count). The quantitative estimate of drug-likeness (QED) is 0.915. The molecule has 0 radical (unpaired) electrons. The minimum absolute atomic E-state index is 0.0138. The van der Waals surface area contributed by atoms with Crippen LogP contribution in [0.2, 0.25) is 0 Å². The Hall–Kier alpha value is -1.35. The third kappa shape index (κ3) is 2.88. The lowest BCUT2D eigenvalue weighted by molar-refractivity contribution is -0.130. The van der Waals surface area contributed by atoms with Crippen LogP contribution in [0.15, 0.2) is 24.3 Å². The fraction of sp³-hybridized carbons (Fsp3) is 0.588. The number of carbonyl (C=O) groups is 1. The second kappa shape index (κ2) is 5.96. The Bertz CT molecular complexity index is 484. The summed E-state index contributed by atoms with van der Waals surface area (Å²) in [5, 5.41) is 3.43. The summed E-state index contributed by atoms with van der Waals surface area (Å²) >= 11 is 0. The van der Waals surface area contributed by atoms with Crippen LogP contribution in [0, 0.1) is 18.8 Å². The molecule has 1 aromatic rings. The fourth-order valence-corrected chi connectivity index (χ4v) is 2.64. The van der Waals surface area contributed by atoms with Gasteiger partial charge in [0.2, 0.25) is 5.91 Å². The minimum atomic E-state index is -0.0982. The Kier molecular flexibility index (Phi) is 4.48. The third-order valence-electron chi connectivity index (χ3n) is 4.48. The van der Waals surface area contributed by atoms with Crippen LogP contribution in [0.4, 0.5) is 0 Å². The number of hydrogen-bond donors (Lipinski definition) is 1. The highest BCUT2D eigenvalue weighted by molar-refractivity contribution is 5.84. The molecule has 1 saturated heterocycles. The van der Waals surface area contributed by atoms with Crippen LogP contribution in [0.5, 0.6) is 0 Å². The van der Waals surface area contributed by atoms with E-state index >= 15 is 0 Å².